The first-order valence-corrected chi connectivity index (χ1v) is 8.25. The zero-order valence-electron chi connectivity index (χ0n) is 12.7. The number of ether oxygens (including phenoxy) is 1. The summed E-state index contributed by atoms with van der Waals surface area (Å²) in [6.07, 6.45) is 1.70. The zero-order valence-corrected chi connectivity index (χ0v) is 14.9. The standard InChI is InChI=1S/C18H13IN2O3/c1-11(22)20-15-7-5-13(6-8-15)17-21-16(18(23)24-17)10-12-3-2-4-14(19)9-12/h2-10H,1H3,(H,20,22)/b16-10-. The maximum absolute atomic E-state index is 12.0. The largest absolute Gasteiger partial charge is 0.402 e. The van der Waals surface area contributed by atoms with Gasteiger partial charge in [0.05, 0.1) is 0 Å². The van der Waals surface area contributed by atoms with Gasteiger partial charge in [0.15, 0.2) is 5.70 Å². The van der Waals surface area contributed by atoms with Crippen molar-refractivity contribution in [2.24, 2.45) is 4.99 Å². The maximum atomic E-state index is 12.0. The molecule has 1 amide bonds. The van der Waals surface area contributed by atoms with Crippen LogP contribution in [0.1, 0.15) is 18.1 Å². The van der Waals surface area contributed by atoms with Crippen LogP contribution in [0.15, 0.2) is 59.2 Å². The third-order valence-corrected chi connectivity index (χ3v) is 3.90. The first-order valence-electron chi connectivity index (χ1n) is 7.17. The van der Waals surface area contributed by atoms with Crippen molar-refractivity contribution in [2.45, 2.75) is 6.92 Å². The van der Waals surface area contributed by atoms with E-state index < -0.39 is 5.97 Å². The van der Waals surface area contributed by atoms with Crippen molar-refractivity contribution in [1.82, 2.24) is 0 Å². The minimum Gasteiger partial charge on any atom is -0.402 e. The Morgan fingerprint density at radius 2 is 1.96 bits per heavy atom. The van der Waals surface area contributed by atoms with E-state index in [4.69, 9.17) is 4.74 Å². The molecule has 0 atom stereocenters. The molecular weight excluding hydrogens is 419 g/mol. The van der Waals surface area contributed by atoms with E-state index in [1.165, 1.54) is 6.92 Å². The van der Waals surface area contributed by atoms with Crippen molar-refractivity contribution in [1.29, 1.82) is 0 Å². The summed E-state index contributed by atoms with van der Waals surface area (Å²) >= 11 is 2.21. The number of cyclic esters (lactones) is 1. The van der Waals surface area contributed by atoms with Gasteiger partial charge in [0.2, 0.25) is 11.8 Å². The van der Waals surface area contributed by atoms with E-state index in [1.807, 2.05) is 24.3 Å². The fourth-order valence-corrected chi connectivity index (χ4v) is 2.75. The smallest absolute Gasteiger partial charge is 0.363 e. The van der Waals surface area contributed by atoms with E-state index in [2.05, 4.69) is 32.9 Å². The summed E-state index contributed by atoms with van der Waals surface area (Å²) in [4.78, 5) is 27.3. The molecule has 1 aliphatic rings. The molecule has 24 heavy (non-hydrogen) atoms. The predicted octanol–water partition coefficient (Wildman–Crippen LogP) is 3.59. The molecule has 3 rings (SSSR count). The van der Waals surface area contributed by atoms with Crippen LogP contribution in [0.5, 0.6) is 0 Å². The molecule has 5 nitrogen and oxygen atoms in total. The van der Waals surface area contributed by atoms with Crippen LogP contribution in [-0.4, -0.2) is 17.8 Å². The van der Waals surface area contributed by atoms with Crippen LogP contribution < -0.4 is 5.32 Å². The van der Waals surface area contributed by atoms with E-state index in [1.54, 1.807) is 30.3 Å². The maximum Gasteiger partial charge on any atom is 0.363 e. The van der Waals surface area contributed by atoms with Gasteiger partial charge in [-0.1, -0.05) is 12.1 Å². The molecule has 0 spiro atoms. The fourth-order valence-electron chi connectivity index (χ4n) is 2.19. The van der Waals surface area contributed by atoms with Gasteiger partial charge in [-0.25, -0.2) is 9.79 Å². The highest BCUT2D eigenvalue weighted by molar-refractivity contribution is 14.1. The number of carbonyl (C=O) groups excluding carboxylic acids is 2. The quantitative estimate of drug-likeness (QED) is 0.458. The van der Waals surface area contributed by atoms with E-state index in [0.717, 1.165) is 9.13 Å². The summed E-state index contributed by atoms with van der Waals surface area (Å²) in [5.74, 6) is -0.365. The molecule has 1 N–H and O–H groups in total. The van der Waals surface area contributed by atoms with Crippen molar-refractivity contribution >= 4 is 52.1 Å². The Bertz CT molecular complexity index is 870. The summed E-state index contributed by atoms with van der Waals surface area (Å²) < 4.78 is 6.31. The van der Waals surface area contributed by atoms with Gasteiger partial charge in [-0.3, -0.25) is 4.79 Å². The molecule has 0 fully saturated rings. The monoisotopic (exact) mass is 432 g/mol. The van der Waals surface area contributed by atoms with E-state index in [9.17, 15) is 9.59 Å². The van der Waals surface area contributed by atoms with Crippen molar-refractivity contribution in [2.75, 3.05) is 5.32 Å². The zero-order chi connectivity index (χ0) is 17.1. The van der Waals surface area contributed by atoms with Gasteiger partial charge in [-0.05, 0) is 70.6 Å². The normalized spacial score (nSPS) is 15.2. The van der Waals surface area contributed by atoms with Crippen molar-refractivity contribution < 1.29 is 14.3 Å². The highest BCUT2D eigenvalue weighted by Gasteiger charge is 2.24. The predicted molar refractivity (Wildman–Crippen MR) is 101 cm³/mol. The number of esters is 1. The summed E-state index contributed by atoms with van der Waals surface area (Å²) in [6, 6.07) is 14.7. The van der Waals surface area contributed by atoms with Gasteiger partial charge in [-0.2, -0.15) is 0 Å². The number of anilines is 1. The molecule has 120 valence electrons. The molecule has 6 heteroatoms. The lowest BCUT2D eigenvalue weighted by molar-refractivity contribution is -0.129. The number of benzene rings is 2. The van der Waals surface area contributed by atoms with Crippen molar-refractivity contribution in [3.8, 4) is 0 Å². The summed E-state index contributed by atoms with van der Waals surface area (Å²) in [7, 11) is 0. The Hall–Kier alpha value is -2.48. The second kappa shape index (κ2) is 6.96. The Morgan fingerprint density at radius 1 is 1.21 bits per heavy atom. The van der Waals surface area contributed by atoms with Gasteiger partial charge >= 0.3 is 5.97 Å². The summed E-state index contributed by atoms with van der Waals surface area (Å²) in [5.41, 5.74) is 2.49. The molecule has 0 aliphatic carbocycles. The van der Waals surface area contributed by atoms with E-state index in [0.29, 0.717) is 11.3 Å². The van der Waals surface area contributed by atoms with Crippen LogP contribution in [-0.2, 0) is 14.3 Å². The van der Waals surface area contributed by atoms with Gasteiger partial charge in [0.25, 0.3) is 0 Å². The first kappa shape index (κ1) is 16.4. The summed E-state index contributed by atoms with van der Waals surface area (Å²) in [5, 5.41) is 2.68. The minimum absolute atomic E-state index is 0.143. The van der Waals surface area contributed by atoms with Crippen LogP contribution in [0, 0.1) is 3.57 Å². The third kappa shape index (κ3) is 3.88. The number of aliphatic imine (C=N–C) groups is 1. The van der Waals surface area contributed by atoms with Crippen molar-refractivity contribution in [3.63, 3.8) is 0 Å². The molecule has 0 saturated heterocycles. The Balaban J connectivity index is 1.85. The van der Waals surface area contributed by atoms with Gasteiger partial charge in [0.1, 0.15) is 0 Å². The summed E-state index contributed by atoms with van der Waals surface area (Å²) in [6.45, 7) is 1.44. The second-order valence-corrected chi connectivity index (χ2v) is 6.40. The number of hydrogen-bond donors (Lipinski definition) is 1. The molecule has 1 aliphatic heterocycles. The topological polar surface area (TPSA) is 67.8 Å². The average molecular weight is 432 g/mol. The molecule has 2 aromatic carbocycles. The lowest BCUT2D eigenvalue weighted by Crippen LogP contribution is -2.07. The molecule has 0 unspecified atom stereocenters. The number of halogens is 1. The van der Waals surface area contributed by atoms with Crippen LogP contribution in [0.25, 0.3) is 6.08 Å². The van der Waals surface area contributed by atoms with Crippen LogP contribution in [0.2, 0.25) is 0 Å². The highest BCUT2D eigenvalue weighted by atomic mass is 127. The van der Waals surface area contributed by atoms with Crippen molar-refractivity contribution in [3.05, 3.63) is 68.9 Å². The molecular formula is C18H13IN2O3. The molecule has 0 aromatic heterocycles. The SMILES string of the molecule is CC(=O)Nc1ccc(C2=N/C(=C\c3cccc(I)c3)C(=O)O2)cc1. The second-order valence-electron chi connectivity index (χ2n) is 5.15. The van der Waals surface area contributed by atoms with Gasteiger partial charge in [0, 0.05) is 21.7 Å². The molecule has 0 saturated carbocycles. The van der Waals surface area contributed by atoms with Gasteiger partial charge < -0.3 is 10.1 Å². The van der Waals surface area contributed by atoms with Crippen LogP contribution in [0.3, 0.4) is 0 Å². The lowest BCUT2D eigenvalue weighted by Gasteiger charge is -2.03. The molecule has 0 bridgehead atoms. The first-order chi connectivity index (χ1) is 11.5. The van der Waals surface area contributed by atoms with Crippen LogP contribution >= 0.6 is 22.6 Å². The van der Waals surface area contributed by atoms with E-state index >= 15 is 0 Å². The van der Waals surface area contributed by atoms with Gasteiger partial charge in [-0.15, -0.1) is 0 Å². The Morgan fingerprint density at radius 3 is 2.62 bits per heavy atom. The van der Waals surface area contributed by atoms with Crippen LogP contribution in [0.4, 0.5) is 5.69 Å². The number of amides is 1. The Labute approximate surface area is 152 Å². The number of carbonyl (C=O) groups is 2. The molecule has 1 heterocycles. The molecule has 0 radical (unpaired) electrons. The third-order valence-electron chi connectivity index (χ3n) is 3.22. The molecule has 2 aromatic rings. The number of hydrogen-bond acceptors (Lipinski definition) is 4. The number of rotatable bonds is 3. The Kier molecular flexibility index (Phi) is 4.75. The number of nitrogens with one attached hydrogen (secondary N) is 1. The fraction of sp³-hybridized carbons (Fsp3) is 0.0556. The minimum atomic E-state index is -0.477. The highest BCUT2D eigenvalue weighted by Crippen LogP contribution is 2.21. The lowest BCUT2D eigenvalue weighted by atomic mass is 10.2. The number of nitrogens with zero attached hydrogens (tertiary/aromatic N) is 1. The average Bonchev–Trinajstić information content (AvgIpc) is 2.88. The van der Waals surface area contributed by atoms with E-state index in [-0.39, 0.29) is 17.5 Å².